The van der Waals surface area contributed by atoms with Crippen LogP contribution < -0.4 is 14.2 Å². The van der Waals surface area contributed by atoms with Gasteiger partial charge in [-0.3, -0.25) is 0 Å². The molecule has 0 N–H and O–H groups in total. The van der Waals surface area contributed by atoms with E-state index in [9.17, 15) is 4.79 Å². The summed E-state index contributed by atoms with van der Waals surface area (Å²) in [4.78, 5) is 16.4. The van der Waals surface area contributed by atoms with E-state index in [0.29, 0.717) is 28.6 Å². The summed E-state index contributed by atoms with van der Waals surface area (Å²) >= 11 is 0. The predicted octanol–water partition coefficient (Wildman–Crippen LogP) is 3.57. The Bertz CT molecular complexity index is 968. The Kier molecular flexibility index (Phi) is 6.33. The fourth-order valence-electron chi connectivity index (χ4n) is 2.53. The van der Waals surface area contributed by atoms with Crippen molar-refractivity contribution < 1.29 is 28.3 Å². The smallest absolute Gasteiger partial charge is 0.347 e. The number of carbonyl (C=O) groups excluding carboxylic acids is 1. The molecule has 0 saturated heterocycles. The Balaban J connectivity index is 1.60. The molecule has 8 heteroatoms. The van der Waals surface area contributed by atoms with Gasteiger partial charge in [0, 0.05) is 6.07 Å². The van der Waals surface area contributed by atoms with Crippen molar-refractivity contribution in [1.29, 1.82) is 0 Å². The van der Waals surface area contributed by atoms with E-state index in [2.05, 4.69) is 10.1 Å². The summed E-state index contributed by atoms with van der Waals surface area (Å²) in [6.45, 7) is 3.43. The van der Waals surface area contributed by atoms with E-state index in [4.69, 9.17) is 23.5 Å². The van der Waals surface area contributed by atoms with Crippen LogP contribution in [0.2, 0.25) is 0 Å². The molecule has 0 radical (unpaired) electrons. The predicted molar refractivity (Wildman–Crippen MR) is 104 cm³/mol. The highest BCUT2D eigenvalue weighted by Crippen LogP contribution is 2.31. The van der Waals surface area contributed by atoms with Crippen LogP contribution in [0.4, 0.5) is 0 Å². The van der Waals surface area contributed by atoms with Crippen LogP contribution in [0.3, 0.4) is 0 Å². The lowest BCUT2D eigenvalue weighted by Gasteiger charge is -2.13. The lowest BCUT2D eigenvalue weighted by atomic mass is 10.2. The van der Waals surface area contributed by atoms with Crippen LogP contribution in [0.15, 0.2) is 47.0 Å². The average molecular weight is 398 g/mol. The summed E-state index contributed by atoms with van der Waals surface area (Å²) in [5, 5.41) is 3.92. The second-order valence-electron chi connectivity index (χ2n) is 6.26. The summed E-state index contributed by atoms with van der Waals surface area (Å²) in [5.41, 5.74) is 1.74. The van der Waals surface area contributed by atoms with Crippen molar-refractivity contribution in [2.45, 2.75) is 26.6 Å². The van der Waals surface area contributed by atoms with E-state index in [1.165, 1.54) is 7.11 Å². The van der Waals surface area contributed by atoms with Crippen LogP contribution in [-0.4, -0.2) is 36.4 Å². The summed E-state index contributed by atoms with van der Waals surface area (Å²) < 4.78 is 26.5. The third-order valence-electron chi connectivity index (χ3n) is 4.12. The SMILES string of the molecule is COc1ccc(-c2noc(COC(=O)C(C)Oc3ccc(C)cc3)n2)c(OC)c1. The Morgan fingerprint density at radius 2 is 1.79 bits per heavy atom. The van der Waals surface area contributed by atoms with Crippen molar-refractivity contribution in [3.63, 3.8) is 0 Å². The number of methoxy groups -OCH3 is 2. The molecule has 2 aromatic carbocycles. The molecule has 0 aliphatic rings. The van der Waals surface area contributed by atoms with Crippen molar-refractivity contribution >= 4 is 5.97 Å². The first kappa shape index (κ1) is 20.2. The van der Waals surface area contributed by atoms with Crippen molar-refractivity contribution in [2.24, 2.45) is 0 Å². The van der Waals surface area contributed by atoms with Crippen LogP contribution in [0, 0.1) is 6.92 Å². The molecular weight excluding hydrogens is 376 g/mol. The van der Waals surface area contributed by atoms with E-state index in [0.717, 1.165) is 5.56 Å². The Morgan fingerprint density at radius 3 is 2.48 bits per heavy atom. The average Bonchev–Trinajstić information content (AvgIpc) is 3.21. The van der Waals surface area contributed by atoms with Gasteiger partial charge in [-0.2, -0.15) is 4.98 Å². The summed E-state index contributed by atoms with van der Waals surface area (Å²) in [6, 6.07) is 12.6. The number of hydrogen-bond donors (Lipinski definition) is 0. The monoisotopic (exact) mass is 398 g/mol. The van der Waals surface area contributed by atoms with Crippen LogP contribution in [0.1, 0.15) is 18.4 Å². The van der Waals surface area contributed by atoms with Crippen LogP contribution >= 0.6 is 0 Å². The van der Waals surface area contributed by atoms with Gasteiger partial charge < -0.3 is 23.5 Å². The molecule has 1 unspecified atom stereocenters. The minimum Gasteiger partial charge on any atom is -0.497 e. The van der Waals surface area contributed by atoms with Crippen molar-refractivity contribution in [1.82, 2.24) is 10.1 Å². The second-order valence-corrected chi connectivity index (χ2v) is 6.26. The summed E-state index contributed by atoms with van der Waals surface area (Å²) in [7, 11) is 3.11. The maximum Gasteiger partial charge on any atom is 0.347 e. The van der Waals surface area contributed by atoms with Gasteiger partial charge in [-0.1, -0.05) is 22.9 Å². The number of aryl methyl sites for hydroxylation is 1. The highest BCUT2D eigenvalue weighted by atomic mass is 16.6. The van der Waals surface area contributed by atoms with E-state index >= 15 is 0 Å². The Labute approximate surface area is 168 Å². The molecule has 1 atom stereocenters. The van der Waals surface area contributed by atoms with Gasteiger partial charge in [0.15, 0.2) is 12.7 Å². The maximum atomic E-state index is 12.2. The molecule has 0 saturated carbocycles. The molecule has 0 aliphatic carbocycles. The van der Waals surface area contributed by atoms with E-state index < -0.39 is 12.1 Å². The third kappa shape index (κ3) is 5.04. The third-order valence-corrected chi connectivity index (χ3v) is 4.12. The lowest BCUT2D eigenvalue weighted by Crippen LogP contribution is -2.26. The van der Waals surface area contributed by atoms with Crippen LogP contribution in [0.25, 0.3) is 11.4 Å². The molecule has 0 bridgehead atoms. The quantitative estimate of drug-likeness (QED) is 0.532. The molecule has 0 fully saturated rings. The summed E-state index contributed by atoms with van der Waals surface area (Å²) in [5.74, 6) is 1.71. The standard InChI is InChI=1S/C21H22N2O6/c1-13-5-7-15(8-6-13)28-14(2)21(24)27-12-19-22-20(23-29-19)17-10-9-16(25-3)11-18(17)26-4/h5-11,14H,12H2,1-4H3. The van der Waals surface area contributed by atoms with Crippen LogP contribution in [-0.2, 0) is 16.1 Å². The first-order chi connectivity index (χ1) is 14.0. The normalized spacial score (nSPS) is 11.6. The number of hydrogen-bond acceptors (Lipinski definition) is 8. The van der Waals surface area contributed by atoms with Gasteiger partial charge in [0.05, 0.1) is 19.8 Å². The van der Waals surface area contributed by atoms with Gasteiger partial charge in [-0.05, 0) is 38.1 Å². The number of esters is 1. The van der Waals surface area contributed by atoms with E-state index in [-0.39, 0.29) is 12.5 Å². The first-order valence-corrected chi connectivity index (χ1v) is 8.95. The lowest BCUT2D eigenvalue weighted by molar-refractivity contribution is -0.153. The van der Waals surface area contributed by atoms with Gasteiger partial charge in [0.1, 0.15) is 17.2 Å². The molecule has 0 spiro atoms. The van der Waals surface area contributed by atoms with Gasteiger partial charge in [-0.25, -0.2) is 4.79 Å². The molecule has 1 aromatic heterocycles. The minimum absolute atomic E-state index is 0.161. The highest BCUT2D eigenvalue weighted by molar-refractivity contribution is 5.74. The van der Waals surface area contributed by atoms with E-state index in [1.807, 2.05) is 19.1 Å². The fraction of sp³-hybridized carbons (Fsp3) is 0.286. The molecule has 0 aliphatic heterocycles. The molecular formula is C21H22N2O6. The van der Waals surface area contributed by atoms with E-state index in [1.54, 1.807) is 44.4 Å². The van der Waals surface area contributed by atoms with Gasteiger partial charge in [0.25, 0.3) is 5.89 Å². The number of rotatable bonds is 8. The number of aromatic nitrogens is 2. The zero-order valence-electron chi connectivity index (χ0n) is 16.7. The van der Waals surface area contributed by atoms with Gasteiger partial charge >= 0.3 is 5.97 Å². The second kappa shape index (κ2) is 9.09. The van der Waals surface area contributed by atoms with Crippen molar-refractivity contribution in [2.75, 3.05) is 14.2 Å². The van der Waals surface area contributed by atoms with Crippen molar-refractivity contribution in [3.8, 4) is 28.6 Å². The molecule has 152 valence electrons. The molecule has 29 heavy (non-hydrogen) atoms. The molecule has 1 heterocycles. The summed E-state index contributed by atoms with van der Waals surface area (Å²) in [6.07, 6.45) is -0.776. The molecule has 3 aromatic rings. The minimum atomic E-state index is -0.776. The zero-order chi connectivity index (χ0) is 20.8. The van der Waals surface area contributed by atoms with Gasteiger partial charge in [-0.15, -0.1) is 0 Å². The van der Waals surface area contributed by atoms with Gasteiger partial charge in [0.2, 0.25) is 5.82 Å². The van der Waals surface area contributed by atoms with Crippen molar-refractivity contribution in [3.05, 3.63) is 53.9 Å². The number of carbonyl (C=O) groups is 1. The number of ether oxygens (including phenoxy) is 4. The number of nitrogens with zero attached hydrogens (tertiary/aromatic N) is 2. The maximum absolute atomic E-state index is 12.2. The van der Waals surface area contributed by atoms with Crippen LogP contribution in [0.5, 0.6) is 17.2 Å². The highest BCUT2D eigenvalue weighted by Gasteiger charge is 2.19. The fourth-order valence-corrected chi connectivity index (χ4v) is 2.53. The molecule has 8 nitrogen and oxygen atoms in total. The Morgan fingerprint density at radius 1 is 1.07 bits per heavy atom. The molecule has 3 rings (SSSR count). The topological polar surface area (TPSA) is 92.9 Å². The molecule has 0 amide bonds. The largest absolute Gasteiger partial charge is 0.497 e. The zero-order valence-corrected chi connectivity index (χ0v) is 16.7. The number of benzene rings is 2. The first-order valence-electron chi connectivity index (χ1n) is 8.95. The Hall–Kier alpha value is -3.55.